The van der Waals surface area contributed by atoms with Crippen LogP contribution in [0, 0.1) is 11.6 Å². The summed E-state index contributed by atoms with van der Waals surface area (Å²) in [6, 6.07) is 8.77. The van der Waals surface area contributed by atoms with Crippen molar-refractivity contribution in [3.63, 3.8) is 0 Å². The van der Waals surface area contributed by atoms with Crippen LogP contribution in [0.4, 0.5) is 14.5 Å². The van der Waals surface area contributed by atoms with Crippen LogP contribution in [0.25, 0.3) is 0 Å². The number of hydrogen-bond donors (Lipinski definition) is 1. The third-order valence-electron chi connectivity index (χ3n) is 2.47. The van der Waals surface area contributed by atoms with Crippen molar-refractivity contribution in [1.29, 1.82) is 0 Å². The second-order valence-electron chi connectivity index (χ2n) is 4.01. The van der Waals surface area contributed by atoms with Gasteiger partial charge in [-0.15, -0.1) is 0 Å². The fraction of sp³-hybridized carbons (Fsp3) is 0.0714. The molecule has 0 bridgehead atoms. The van der Waals surface area contributed by atoms with Crippen molar-refractivity contribution in [2.24, 2.45) is 0 Å². The van der Waals surface area contributed by atoms with Crippen molar-refractivity contribution in [3.8, 4) is 5.75 Å². The van der Waals surface area contributed by atoms with E-state index in [2.05, 4.69) is 37.2 Å². The molecule has 0 aliphatic carbocycles. The predicted octanol–water partition coefficient (Wildman–Crippen LogP) is 4.51. The zero-order valence-electron chi connectivity index (χ0n) is 10.5. The lowest BCUT2D eigenvalue weighted by atomic mass is 10.3. The zero-order chi connectivity index (χ0) is 15.4. The number of benzene rings is 2. The second kappa shape index (κ2) is 7.00. The minimum absolute atomic E-state index is 0.120. The molecular formula is C14H9Br2F2NO2. The van der Waals surface area contributed by atoms with Gasteiger partial charge in [0.15, 0.2) is 12.4 Å². The summed E-state index contributed by atoms with van der Waals surface area (Å²) in [5.74, 6) is -1.67. The van der Waals surface area contributed by atoms with Gasteiger partial charge in [-0.25, -0.2) is 8.78 Å². The van der Waals surface area contributed by atoms with Crippen molar-refractivity contribution < 1.29 is 18.3 Å². The molecule has 0 saturated heterocycles. The van der Waals surface area contributed by atoms with Crippen molar-refractivity contribution in [2.45, 2.75) is 0 Å². The van der Waals surface area contributed by atoms with E-state index in [4.69, 9.17) is 4.74 Å². The SMILES string of the molecule is O=C(COc1ccccc1Br)Nc1c(F)cc(F)cc1Br. The molecular weight excluding hydrogens is 412 g/mol. The summed E-state index contributed by atoms with van der Waals surface area (Å²) in [6.07, 6.45) is 0. The Hall–Kier alpha value is -1.47. The number of amides is 1. The third-order valence-corrected chi connectivity index (χ3v) is 3.75. The molecule has 0 atom stereocenters. The molecule has 0 aliphatic heterocycles. The molecule has 0 aromatic heterocycles. The van der Waals surface area contributed by atoms with E-state index in [1.807, 2.05) is 6.07 Å². The van der Waals surface area contributed by atoms with Gasteiger partial charge in [0.1, 0.15) is 11.6 Å². The molecule has 0 aliphatic rings. The first-order valence-electron chi connectivity index (χ1n) is 5.79. The molecule has 2 aromatic carbocycles. The number of anilines is 1. The number of carbonyl (C=O) groups is 1. The Bertz CT molecular complexity index is 657. The molecule has 0 heterocycles. The first-order chi connectivity index (χ1) is 9.97. The van der Waals surface area contributed by atoms with Crippen LogP contribution in [0.2, 0.25) is 0 Å². The molecule has 110 valence electrons. The van der Waals surface area contributed by atoms with Gasteiger partial charge in [-0.3, -0.25) is 4.79 Å². The van der Waals surface area contributed by atoms with Crippen molar-refractivity contribution in [3.05, 3.63) is 57.0 Å². The number of halogens is 4. The smallest absolute Gasteiger partial charge is 0.262 e. The lowest BCUT2D eigenvalue weighted by molar-refractivity contribution is -0.118. The number of hydrogen-bond acceptors (Lipinski definition) is 2. The highest BCUT2D eigenvalue weighted by molar-refractivity contribution is 9.11. The summed E-state index contributed by atoms with van der Waals surface area (Å²) in [5.41, 5.74) is -0.128. The van der Waals surface area contributed by atoms with Crippen LogP contribution < -0.4 is 10.1 Å². The molecule has 0 spiro atoms. The van der Waals surface area contributed by atoms with Crippen LogP contribution in [0.3, 0.4) is 0 Å². The maximum Gasteiger partial charge on any atom is 0.262 e. The minimum Gasteiger partial charge on any atom is -0.483 e. The molecule has 3 nitrogen and oxygen atoms in total. The Morgan fingerprint density at radius 2 is 1.86 bits per heavy atom. The fourth-order valence-electron chi connectivity index (χ4n) is 1.54. The number of carbonyl (C=O) groups excluding carboxylic acids is 1. The van der Waals surface area contributed by atoms with E-state index in [0.717, 1.165) is 6.07 Å². The topological polar surface area (TPSA) is 38.3 Å². The molecule has 0 fully saturated rings. The molecule has 2 rings (SSSR count). The molecule has 21 heavy (non-hydrogen) atoms. The highest BCUT2D eigenvalue weighted by Crippen LogP contribution is 2.27. The Kier molecular flexibility index (Phi) is 5.30. The monoisotopic (exact) mass is 419 g/mol. The van der Waals surface area contributed by atoms with E-state index in [0.29, 0.717) is 16.3 Å². The van der Waals surface area contributed by atoms with Gasteiger partial charge in [-0.05, 0) is 50.1 Å². The summed E-state index contributed by atoms with van der Waals surface area (Å²) in [6.45, 7) is -0.300. The molecule has 0 saturated carbocycles. The predicted molar refractivity (Wildman–Crippen MR) is 82.3 cm³/mol. The molecule has 0 unspecified atom stereocenters. The maximum atomic E-state index is 13.6. The standard InChI is InChI=1S/C14H9Br2F2NO2/c15-9-3-1-2-4-12(9)21-7-13(20)19-14-10(16)5-8(17)6-11(14)18/h1-6H,7H2,(H,19,20). The van der Waals surface area contributed by atoms with Gasteiger partial charge in [0.25, 0.3) is 5.91 Å². The van der Waals surface area contributed by atoms with Crippen LogP contribution in [0.1, 0.15) is 0 Å². The highest BCUT2D eigenvalue weighted by Gasteiger charge is 2.13. The van der Waals surface area contributed by atoms with E-state index in [-0.39, 0.29) is 16.8 Å². The quantitative estimate of drug-likeness (QED) is 0.790. The summed E-state index contributed by atoms with van der Waals surface area (Å²) in [4.78, 5) is 11.8. The number of para-hydroxylation sites is 1. The fourth-order valence-corrected chi connectivity index (χ4v) is 2.45. The van der Waals surface area contributed by atoms with Crippen LogP contribution in [0.5, 0.6) is 5.75 Å². The van der Waals surface area contributed by atoms with Gasteiger partial charge < -0.3 is 10.1 Å². The Labute approximate surface area is 136 Å². The van der Waals surface area contributed by atoms with E-state index in [1.54, 1.807) is 18.2 Å². The Balaban J connectivity index is 2.01. The van der Waals surface area contributed by atoms with Gasteiger partial charge in [0.05, 0.1) is 10.2 Å². The summed E-state index contributed by atoms with van der Waals surface area (Å²) < 4.78 is 32.6. The highest BCUT2D eigenvalue weighted by atomic mass is 79.9. The number of rotatable bonds is 4. The summed E-state index contributed by atoms with van der Waals surface area (Å²) in [5, 5.41) is 2.33. The normalized spacial score (nSPS) is 10.3. The number of nitrogens with one attached hydrogen (secondary N) is 1. The van der Waals surface area contributed by atoms with Crippen molar-refractivity contribution in [1.82, 2.24) is 0 Å². The van der Waals surface area contributed by atoms with Crippen LogP contribution in [-0.4, -0.2) is 12.5 Å². The van der Waals surface area contributed by atoms with Crippen LogP contribution >= 0.6 is 31.9 Å². The summed E-state index contributed by atoms with van der Waals surface area (Å²) in [7, 11) is 0. The third kappa shape index (κ3) is 4.25. The molecule has 1 amide bonds. The van der Waals surface area contributed by atoms with Gasteiger partial charge >= 0.3 is 0 Å². The van der Waals surface area contributed by atoms with Gasteiger partial charge in [-0.1, -0.05) is 12.1 Å². The van der Waals surface area contributed by atoms with Crippen LogP contribution in [0.15, 0.2) is 45.3 Å². The first kappa shape index (κ1) is 15.9. The van der Waals surface area contributed by atoms with E-state index in [1.165, 1.54) is 0 Å². The molecule has 7 heteroatoms. The van der Waals surface area contributed by atoms with Crippen molar-refractivity contribution in [2.75, 3.05) is 11.9 Å². The minimum atomic E-state index is -0.865. The van der Waals surface area contributed by atoms with Gasteiger partial charge in [0.2, 0.25) is 0 Å². The molecule has 1 N–H and O–H groups in total. The van der Waals surface area contributed by atoms with Gasteiger partial charge in [-0.2, -0.15) is 0 Å². The maximum absolute atomic E-state index is 13.6. The van der Waals surface area contributed by atoms with Crippen molar-refractivity contribution >= 4 is 43.5 Å². The molecule has 0 radical (unpaired) electrons. The summed E-state index contributed by atoms with van der Waals surface area (Å²) >= 11 is 6.27. The largest absolute Gasteiger partial charge is 0.483 e. The molecule has 2 aromatic rings. The lowest BCUT2D eigenvalue weighted by Crippen LogP contribution is -2.21. The van der Waals surface area contributed by atoms with E-state index in [9.17, 15) is 13.6 Å². The lowest BCUT2D eigenvalue weighted by Gasteiger charge is -2.10. The zero-order valence-corrected chi connectivity index (χ0v) is 13.7. The Morgan fingerprint density at radius 3 is 2.52 bits per heavy atom. The van der Waals surface area contributed by atoms with Gasteiger partial charge in [0, 0.05) is 10.5 Å². The average Bonchev–Trinajstić information content (AvgIpc) is 2.42. The Morgan fingerprint density at radius 1 is 1.14 bits per heavy atom. The first-order valence-corrected chi connectivity index (χ1v) is 7.37. The average molecular weight is 421 g/mol. The van der Waals surface area contributed by atoms with E-state index < -0.39 is 17.5 Å². The van der Waals surface area contributed by atoms with E-state index >= 15 is 0 Å². The van der Waals surface area contributed by atoms with Crippen LogP contribution in [-0.2, 0) is 4.79 Å². The number of ether oxygens (including phenoxy) is 1. The second-order valence-corrected chi connectivity index (χ2v) is 5.72.